The SMILES string of the molecule is C[C@H](OC(=O)/C=C/c1ccsc1)C(=O)Nc1ccc(SC(F)F)cc1. The van der Waals surface area contributed by atoms with E-state index in [-0.39, 0.29) is 0 Å². The molecular weight excluding hydrogens is 368 g/mol. The Labute approximate surface area is 151 Å². The Morgan fingerprint density at radius 1 is 1.24 bits per heavy atom. The third-order valence-corrected chi connectivity index (χ3v) is 4.39. The van der Waals surface area contributed by atoms with Gasteiger partial charge in [-0.25, -0.2) is 4.79 Å². The summed E-state index contributed by atoms with van der Waals surface area (Å²) in [6.07, 6.45) is 1.86. The van der Waals surface area contributed by atoms with E-state index >= 15 is 0 Å². The molecule has 1 aromatic carbocycles. The van der Waals surface area contributed by atoms with Gasteiger partial charge in [0.25, 0.3) is 11.7 Å². The van der Waals surface area contributed by atoms with Gasteiger partial charge in [0.2, 0.25) is 0 Å². The van der Waals surface area contributed by atoms with Gasteiger partial charge in [0, 0.05) is 16.7 Å². The van der Waals surface area contributed by atoms with Gasteiger partial charge >= 0.3 is 5.97 Å². The van der Waals surface area contributed by atoms with E-state index in [4.69, 9.17) is 4.74 Å². The number of esters is 1. The maximum absolute atomic E-state index is 12.3. The molecule has 1 aromatic heterocycles. The summed E-state index contributed by atoms with van der Waals surface area (Å²) in [5.74, 6) is -3.63. The number of thioether (sulfide) groups is 1. The molecule has 0 unspecified atom stereocenters. The average Bonchev–Trinajstić information content (AvgIpc) is 3.07. The zero-order valence-electron chi connectivity index (χ0n) is 13.1. The fraction of sp³-hybridized carbons (Fsp3) is 0.176. The number of anilines is 1. The van der Waals surface area contributed by atoms with Crippen LogP contribution in [0, 0.1) is 0 Å². The quantitative estimate of drug-likeness (QED) is 0.430. The van der Waals surface area contributed by atoms with E-state index < -0.39 is 23.7 Å². The molecule has 0 saturated carbocycles. The van der Waals surface area contributed by atoms with E-state index in [2.05, 4.69) is 5.32 Å². The zero-order chi connectivity index (χ0) is 18.2. The number of alkyl halides is 2. The van der Waals surface area contributed by atoms with E-state index in [0.29, 0.717) is 22.3 Å². The molecule has 8 heteroatoms. The van der Waals surface area contributed by atoms with E-state index in [9.17, 15) is 18.4 Å². The Morgan fingerprint density at radius 3 is 2.56 bits per heavy atom. The van der Waals surface area contributed by atoms with Crippen molar-refractivity contribution in [1.82, 2.24) is 0 Å². The highest BCUT2D eigenvalue weighted by Crippen LogP contribution is 2.26. The first kappa shape index (κ1) is 19.1. The molecule has 1 heterocycles. The Hall–Kier alpha value is -2.19. The molecule has 0 radical (unpaired) electrons. The van der Waals surface area contributed by atoms with Crippen molar-refractivity contribution < 1.29 is 23.1 Å². The van der Waals surface area contributed by atoms with E-state index in [1.807, 2.05) is 16.8 Å². The second-order valence-electron chi connectivity index (χ2n) is 4.86. The van der Waals surface area contributed by atoms with E-state index in [0.717, 1.165) is 5.56 Å². The zero-order valence-corrected chi connectivity index (χ0v) is 14.8. The Morgan fingerprint density at radius 2 is 1.96 bits per heavy atom. The number of hydrogen-bond acceptors (Lipinski definition) is 5. The van der Waals surface area contributed by atoms with Gasteiger partial charge in [0.05, 0.1) is 0 Å². The predicted octanol–water partition coefficient (Wildman–Crippen LogP) is 4.65. The molecule has 2 aromatic rings. The number of ether oxygens (including phenoxy) is 1. The number of amides is 1. The Kier molecular flexibility index (Phi) is 7.15. The Bertz CT molecular complexity index is 731. The maximum Gasteiger partial charge on any atom is 0.331 e. The number of nitrogens with one attached hydrogen (secondary N) is 1. The highest BCUT2D eigenvalue weighted by Gasteiger charge is 2.16. The molecule has 0 aliphatic heterocycles. The molecule has 2 rings (SSSR count). The minimum Gasteiger partial charge on any atom is -0.449 e. The lowest BCUT2D eigenvalue weighted by atomic mass is 10.3. The minimum absolute atomic E-state index is 0.394. The lowest BCUT2D eigenvalue weighted by Crippen LogP contribution is -2.29. The van der Waals surface area contributed by atoms with Crippen molar-refractivity contribution in [3.63, 3.8) is 0 Å². The van der Waals surface area contributed by atoms with Crippen LogP contribution in [0.25, 0.3) is 6.08 Å². The van der Waals surface area contributed by atoms with Gasteiger partial charge in [-0.05, 0) is 59.7 Å². The predicted molar refractivity (Wildman–Crippen MR) is 95.8 cm³/mol. The number of carbonyl (C=O) groups excluding carboxylic acids is 2. The molecule has 1 amide bonds. The Balaban J connectivity index is 1.84. The van der Waals surface area contributed by atoms with Crippen molar-refractivity contribution >= 4 is 46.7 Å². The van der Waals surface area contributed by atoms with Crippen LogP contribution in [-0.2, 0) is 14.3 Å². The lowest BCUT2D eigenvalue weighted by Gasteiger charge is -2.12. The van der Waals surface area contributed by atoms with Crippen LogP contribution in [0.5, 0.6) is 0 Å². The normalized spacial score (nSPS) is 12.3. The van der Waals surface area contributed by atoms with Crippen LogP contribution in [-0.4, -0.2) is 23.7 Å². The number of thiophene rings is 1. The number of carbonyl (C=O) groups is 2. The van der Waals surface area contributed by atoms with Crippen LogP contribution in [0.2, 0.25) is 0 Å². The fourth-order valence-corrected chi connectivity index (χ4v) is 2.89. The smallest absolute Gasteiger partial charge is 0.331 e. The standard InChI is InChI=1S/C17H15F2NO3S2/c1-11(23-15(21)7-2-12-8-9-24-10-12)16(22)20-13-3-5-14(6-4-13)25-17(18)19/h2-11,17H,1H3,(H,20,22)/b7-2+/t11-/m0/s1. The summed E-state index contributed by atoms with van der Waals surface area (Å²) in [4.78, 5) is 24.1. The minimum atomic E-state index is -2.50. The van der Waals surface area contributed by atoms with E-state index in [1.54, 1.807) is 6.08 Å². The summed E-state index contributed by atoms with van der Waals surface area (Å²) in [6.45, 7) is 1.45. The van der Waals surface area contributed by atoms with Crippen LogP contribution in [0.3, 0.4) is 0 Å². The van der Waals surface area contributed by atoms with Crippen LogP contribution in [0.15, 0.2) is 52.1 Å². The van der Waals surface area contributed by atoms with Gasteiger partial charge < -0.3 is 10.1 Å². The fourth-order valence-electron chi connectivity index (χ4n) is 1.76. The lowest BCUT2D eigenvalue weighted by molar-refractivity contribution is -0.148. The summed E-state index contributed by atoms with van der Waals surface area (Å²) >= 11 is 1.93. The first-order chi connectivity index (χ1) is 11.9. The van der Waals surface area contributed by atoms with Gasteiger partial charge in [0.1, 0.15) is 0 Å². The second kappa shape index (κ2) is 9.33. The maximum atomic E-state index is 12.3. The van der Waals surface area contributed by atoms with Crippen molar-refractivity contribution in [3.8, 4) is 0 Å². The largest absolute Gasteiger partial charge is 0.449 e. The van der Waals surface area contributed by atoms with Crippen molar-refractivity contribution in [2.75, 3.05) is 5.32 Å². The second-order valence-corrected chi connectivity index (χ2v) is 6.70. The molecule has 0 bridgehead atoms. The highest BCUT2D eigenvalue weighted by molar-refractivity contribution is 7.99. The van der Waals surface area contributed by atoms with Crippen LogP contribution < -0.4 is 5.32 Å². The van der Waals surface area contributed by atoms with Gasteiger partial charge in [0.15, 0.2) is 6.10 Å². The molecule has 25 heavy (non-hydrogen) atoms. The van der Waals surface area contributed by atoms with Crippen LogP contribution in [0.4, 0.5) is 14.5 Å². The third-order valence-electron chi connectivity index (χ3n) is 2.96. The van der Waals surface area contributed by atoms with E-state index in [1.165, 1.54) is 48.6 Å². The number of hydrogen-bond donors (Lipinski definition) is 1. The summed E-state index contributed by atoms with van der Waals surface area (Å²) in [5, 5.41) is 6.31. The molecule has 0 fully saturated rings. The van der Waals surface area contributed by atoms with Gasteiger partial charge in [-0.3, -0.25) is 4.79 Å². The van der Waals surface area contributed by atoms with Gasteiger partial charge in [-0.15, -0.1) is 0 Å². The van der Waals surface area contributed by atoms with Gasteiger partial charge in [-0.1, -0.05) is 11.8 Å². The summed E-state index contributed by atoms with van der Waals surface area (Å²) in [7, 11) is 0. The number of halogens is 2. The molecule has 4 nitrogen and oxygen atoms in total. The topological polar surface area (TPSA) is 55.4 Å². The first-order valence-corrected chi connectivity index (χ1v) is 9.03. The van der Waals surface area contributed by atoms with Crippen LogP contribution >= 0.6 is 23.1 Å². The third kappa shape index (κ3) is 6.67. The molecule has 1 atom stereocenters. The molecule has 0 aliphatic carbocycles. The monoisotopic (exact) mass is 383 g/mol. The van der Waals surface area contributed by atoms with Crippen molar-refractivity contribution in [1.29, 1.82) is 0 Å². The molecule has 0 spiro atoms. The molecule has 1 N–H and O–H groups in total. The van der Waals surface area contributed by atoms with Gasteiger partial charge in [-0.2, -0.15) is 20.1 Å². The highest BCUT2D eigenvalue weighted by atomic mass is 32.2. The summed E-state index contributed by atoms with van der Waals surface area (Å²) in [5.41, 5.74) is 1.31. The van der Waals surface area contributed by atoms with Crippen molar-refractivity contribution in [2.45, 2.75) is 23.7 Å². The average molecular weight is 383 g/mol. The van der Waals surface area contributed by atoms with Crippen LogP contribution in [0.1, 0.15) is 12.5 Å². The van der Waals surface area contributed by atoms with Crippen molar-refractivity contribution in [2.24, 2.45) is 0 Å². The molecular formula is C17H15F2NO3S2. The number of benzene rings is 1. The molecule has 0 aliphatic rings. The number of rotatable bonds is 7. The first-order valence-electron chi connectivity index (χ1n) is 7.20. The molecule has 0 saturated heterocycles. The van der Waals surface area contributed by atoms with Crippen molar-refractivity contribution in [3.05, 3.63) is 52.7 Å². The summed E-state index contributed by atoms with van der Waals surface area (Å²) in [6, 6.07) is 7.82. The summed E-state index contributed by atoms with van der Waals surface area (Å²) < 4.78 is 29.5. The molecule has 132 valence electrons.